The molecule has 12 heavy (non-hydrogen) atoms. The lowest BCUT2D eigenvalue weighted by Gasteiger charge is -2.15. The molecule has 1 aliphatic rings. The Morgan fingerprint density at radius 3 is 2.67 bits per heavy atom. The van der Waals surface area contributed by atoms with E-state index in [0.717, 1.165) is 23.6 Å². The molecule has 1 rings (SSSR count). The van der Waals surface area contributed by atoms with Crippen molar-refractivity contribution < 1.29 is 5.11 Å². The summed E-state index contributed by atoms with van der Waals surface area (Å²) in [5.74, 6) is 0. The van der Waals surface area contributed by atoms with Crippen LogP contribution in [0.3, 0.4) is 0 Å². The summed E-state index contributed by atoms with van der Waals surface area (Å²) >= 11 is 1.46. The highest BCUT2D eigenvalue weighted by molar-refractivity contribution is 8.16. The first-order chi connectivity index (χ1) is 5.61. The van der Waals surface area contributed by atoms with Gasteiger partial charge < -0.3 is 5.11 Å². The predicted octanol–water partition coefficient (Wildman–Crippen LogP) is 2.20. The van der Waals surface area contributed by atoms with Crippen molar-refractivity contribution in [3.05, 3.63) is 11.6 Å². The molecule has 0 radical (unpaired) electrons. The fourth-order valence-electron chi connectivity index (χ4n) is 1.15. The number of thioether (sulfide) groups is 1. The van der Waals surface area contributed by atoms with E-state index >= 15 is 0 Å². The Bertz CT molecular complexity index is 235. The second kappa shape index (κ2) is 3.62. The van der Waals surface area contributed by atoms with E-state index in [1.807, 2.05) is 26.8 Å². The van der Waals surface area contributed by atoms with Crippen molar-refractivity contribution in [2.45, 2.75) is 32.1 Å². The smallest absolute Gasteiger partial charge is 0.135 e. The first kappa shape index (κ1) is 9.81. The zero-order valence-electron chi connectivity index (χ0n) is 7.79. The monoisotopic (exact) mass is 185 g/mol. The Labute approximate surface area is 77.8 Å². The minimum Gasteiger partial charge on any atom is -0.375 e. The number of rotatable bonds is 2. The first-order valence-corrected chi connectivity index (χ1v) is 5.08. The van der Waals surface area contributed by atoms with Gasteiger partial charge in [-0.3, -0.25) is 4.99 Å². The van der Waals surface area contributed by atoms with Crippen LogP contribution >= 0.6 is 11.8 Å². The molecule has 0 saturated carbocycles. The fourth-order valence-corrected chi connectivity index (χ4v) is 2.28. The molecule has 1 unspecified atom stereocenters. The van der Waals surface area contributed by atoms with Gasteiger partial charge >= 0.3 is 0 Å². The van der Waals surface area contributed by atoms with Crippen LogP contribution in [0.2, 0.25) is 0 Å². The Morgan fingerprint density at radius 2 is 2.25 bits per heavy atom. The van der Waals surface area contributed by atoms with Crippen molar-refractivity contribution in [1.29, 1.82) is 0 Å². The third-order valence-corrected chi connectivity index (χ3v) is 3.27. The second-order valence-electron chi connectivity index (χ2n) is 2.91. The Hall–Kier alpha value is -0.280. The van der Waals surface area contributed by atoms with Crippen molar-refractivity contribution in [2.75, 3.05) is 6.54 Å². The molecule has 0 aromatic heterocycles. The average Bonchev–Trinajstić information content (AvgIpc) is 2.30. The van der Waals surface area contributed by atoms with Gasteiger partial charge in [-0.15, -0.1) is 0 Å². The molecule has 0 aliphatic carbocycles. The van der Waals surface area contributed by atoms with E-state index in [-0.39, 0.29) is 0 Å². The van der Waals surface area contributed by atoms with E-state index in [1.54, 1.807) is 0 Å². The first-order valence-electron chi connectivity index (χ1n) is 4.27. The van der Waals surface area contributed by atoms with Crippen LogP contribution in [-0.4, -0.2) is 21.6 Å². The largest absolute Gasteiger partial charge is 0.375 e. The molecule has 3 heteroatoms. The Kier molecular flexibility index (Phi) is 2.96. The third-order valence-electron chi connectivity index (χ3n) is 1.86. The molecule has 1 heterocycles. The minimum absolute atomic E-state index is 0.696. The lowest BCUT2D eigenvalue weighted by Crippen LogP contribution is -2.16. The van der Waals surface area contributed by atoms with Gasteiger partial charge in [-0.25, -0.2) is 0 Å². The quantitative estimate of drug-likeness (QED) is 0.715. The van der Waals surface area contributed by atoms with Gasteiger partial charge in [-0.1, -0.05) is 18.7 Å². The van der Waals surface area contributed by atoms with E-state index in [4.69, 9.17) is 0 Å². The van der Waals surface area contributed by atoms with Crippen LogP contribution in [0.15, 0.2) is 16.6 Å². The molecule has 1 N–H and O–H groups in total. The number of hydrogen-bond acceptors (Lipinski definition) is 3. The van der Waals surface area contributed by atoms with Crippen molar-refractivity contribution in [2.24, 2.45) is 4.99 Å². The van der Waals surface area contributed by atoms with Gasteiger partial charge in [0.2, 0.25) is 0 Å². The molecule has 0 amide bonds. The molecule has 68 valence electrons. The van der Waals surface area contributed by atoms with Gasteiger partial charge in [-0.2, -0.15) is 0 Å². The summed E-state index contributed by atoms with van der Waals surface area (Å²) in [5.41, 5.74) is 1.10. The molecule has 0 fully saturated rings. The van der Waals surface area contributed by atoms with Gasteiger partial charge in [0.1, 0.15) is 4.93 Å². The standard InChI is InChI=1S/C9H15NOS/c1-4-9(11)6-7(3)8(12-9)10-5-2/h6,11H,4-5H2,1-3H3. The normalized spacial score (nSPS) is 32.7. The molecule has 1 atom stereocenters. The second-order valence-corrected chi connectivity index (χ2v) is 4.21. The summed E-state index contributed by atoms with van der Waals surface area (Å²) in [5, 5.41) is 10.9. The zero-order chi connectivity index (χ0) is 9.19. The van der Waals surface area contributed by atoms with E-state index in [9.17, 15) is 5.11 Å². The van der Waals surface area contributed by atoms with Gasteiger partial charge in [-0.05, 0) is 31.9 Å². The van der Waals surface area contributed by atoms with E-state index in [0.29, 0.717) is 0 Å². The summed E-state index contributed by atoms with van der Waals surface area (Å²) in [6.45, 7) is 6.76. The van der Waals surface area contributed by atoms with E-state index < -0.39 is 4.93 Å². The highest BCUT2D eigenvalue weighted by atomic mass is 32.2. The maximum Gasteiger partial charge on any atom is 0.135 e. The maximum atomic E-state index is 9.87. The lowest BCUT2D eigenvalue weighted by molar-refractivity contribution is 0.185. The summed E-state index contributed by atoms with van der Waals surface area (Å²) in [6.07, 6.45) is 2.63. The molecule has 1 aliphatic heterocycles. The van der Waals surface area contributed by atoms with Crippen molar-refractivity contribution in [3.8, 4) is 0 Å². The van der Waals surface area contributed by atoms with Crippen molar-refractivity contribution in [3.63, 3.8) is 0 Å². The number of hydrogen-bond donors (Lipinski definition) is 1. The van der Waals surface area contributed by atoms with Gasteiger partial charge in [0.05, 0.1) is 5.04 Å². The predicted molar refractivity (Wildman–Crippen MR) is 54.6 cm³/mol. The maximum absolute atomic E-state index is 9.87. The van der Waals surface area contributed by atoms with Crippen LogP contribution < -0.4 is 0 Å². The van der Waals surface area contributed by atoms with Crippen LogP contribution in [0.25, 0.3) is 0 Å². The Balaban J connectivity index is 2.81. The molecule has 0 spiro atoms. The molecular weight excluding hydrogens is 170 g/mol. The number of aliphatic hydroxyl groups is 1. The summed E-state index contributed by atoms with van der Waals surface area (Å²) < 4.78 is 0. The molecule has 0 bridgehead atoms. The lowest BCUT2D eigenvalue weighted by atomic mass is 10.2. The molecule has 0 aromatic rings. The van der Waals surface area contributed by atoms with E-state index in [2.05, 4.69) is 4.99 Å². The topological polar surface area (TPSA) is 32.6 Å². The minimum atomic E-state index is -0.696. The van der Waals surface area contributed by atoms with Crippen molar-refractivity contribution in [1.82, 2.24) is 0 Å². The van der Waals surface area contributed by atoms with Gasteiger partial charge in [0.15, 0.2) is 0 Å². The molecule has 0 saturated heterocycles. The van der Waals surface area contributed by atoms with E-state index in [1.165, 1.54) is 11.8 Å². The fraction of sp³-hybridized carbons (Fsp3) is 0.667. The summed E-state index contributed by atoms with van der Waals surface area (Å²) in [7, 11) is 0. The van der Waals surface area contributed by atoms with Crippen LogP contribution in [-0.2, 0) is 0 Å². The third kappa shape index (κ3) is 1.90. The number of nitrogens with zero attached hydrogens (tertiary/aromatic N) is 1. The zero-order valence-corrected chi connectivity index (χ0v) is 8.61. The van der Waals surface area contributed by atoms with Crippen molar-refractivity contribution >= 4 is 16.8 Å². The van der Waals surface area contributed by atoms with Gasteiger partial charge in [0, 0.05) is 6.54 Å². The van der Waals surface area contributed by atoms with Crippen LogP contribution in [0.4, 0.5) is 0 Å². The highest BCUT2D eigenvalue weighted by Gasteiger charge is 2.31. The van der Waals surface area contributed by atoms with Crippen LogP contribution in [0.1, 0.15) is 27.2 Å². The summed E-state index contributed by atoms with van der Waals surface area (Å²) in [4.78, 5) is 3.60. The molecule has 2 nitrogen and oxygen atoms in total. The highest BCUT2D eigenvalue weighted by Crippen LogP contribution is 2.38. The molecule has 0 aromatic carbocycles. The molecular formula is C9H15NOS. The SMILES string of the molecule is CCN=C1SC(O)(CC)C=C1C. The number of aliphatic imine (C=N–C) groups is 1. The van der Waals surface area contributed by atoms with Crippen LogP contribution in [0, 0.1) is 0 Å². The summed E-state index contributed by atoms with van der Waals surface area (Å²) in [6, 6.07) is 0. The van der Waals surface area contributed by atoms with Crippen LogP contribution in [0.5, 0.6) is 0 Å². The Morgan fingerprint density at radius 1 is 1.58 bits per heavy atom. The van der Waals surface area contributed by atoms with Gasteiger partial charge in [0.25, 0.3) is 0 Å². The average molecular weight is 185 g/mol.